The third kappa shape index (κ3) is 2.40. The molecule has 0 bridgehead atoms. The van der Waals surface area contributed by atoms with Gasteiger partial charge in [0.15, 0.2) is 5.69 Å². The molecule has 0 N–H and O–H groups in total. The van der Waals surface area contributed by atoms with Gasteiger partial charge in [-0.25, -0.2) is 13.8 Å². The highest BCUT2D eigenvalue weighted by molar-refractivity contribution is 5.34. The van der Waals surface area contributed by atoms with Crippen LogP contribution in [0.1, 0.15) is 23.4 Å². The van der Waals surface area contributed by atoms with Crippen LogP contribution in [0.5, 0.6) is 0 Å². The van der Waals surface area contributed by atoms with Crippen LogP contribution in [-0.2, 0) is 6.18 Å². The second-order valence-electron chi connectivity index (χ2n) is 2.54. The predicted octanol–water partition coefficient (Wildman–Crippen LogP) is 2.91. The summed E-state index contributed by atoms with van der Waals surface area (Å²) in [5.41, 5.74) is -3.20. The van der Waals surface area contributed by atoms with E-state index in [0.29, 0.717) is 12.1 Å². The predicted molar refractivity (Wildman–Crippen MR) is 38.9 cm³/mol. The first kappa shape index (κ1) is 11.4. The first-order chi connectivity index (χ1) is 6.86. The molecule has 0 aliphatic heterocycles. The summed E-state index contributed by atoms with van der Waals surface area (Å²) in [5.74, 6) is 0. The molecule has 0 saturated carbocycles. The van der Waals surface area contributed by atoms with Crippen LogP contribution in [0, 0.1) is 11.3 Å². The van der Waals surface area contributed by atoms with Crippen molar-refractivity contribution in [1.29, 1.82) is 5.26 Å². The maximum atomic E-state index is 12.2. The summed E-state index contributed by atoms with van der Waals surface area (Å²) in [7, 11) is 0. The second kappa shape index (κ2) is 3.81. The van der Waals surface area contributed by atoms with Crippen LogP contribution in [0.3, 0.4) is 0 Å². The zero-order chi connectivity index (χ0) is 11.6. The highest BCUT2D eigenvalue weighted by Crippen LogP contribution is 2.32. The van der Waals surface area contributed by atoms with Gasteiger partial charge < -0.3 is 0 Å². The quantitative estimate of drug-likeness (QED) is 0.685. The minimum absolute atomic E-state index is 0.424. The smallest absolute Gasteiger partial charge is 0.235 e. The van der Waals surface area contributed by atoms with Gasteiger partial charge >= 0.3 is 6.18 Å². The van der Waals surface area contributed by atoms with Gasteiger partial charge in [0.2, 0.25) is 0 Å². The molecule has 7 heteroatoms. The van der Waals surface area contributed by atoms with Crippen LogP contribution in [0.4, 0.5) is 22.0 Å². The van der Waals surface area contributed by atoms with E-state index < -0.39 is 29.6 Å². The lowest BCUT2D eigenvalue weighted by Gasteiger charge is -2.08. The zero-order valence-electron chi connectivity index (χ0n) is 7.02. The van der Waals surface area contributed by atoms with Gasteiger partial charge in [-0.3, -0.25) is 0 Å². The summed E-state index contributed by atoms with van der Waals surface area (Å²) in [6.45, 7) is 0. The zero-order valence-corrected chi connectivity index (χ0v) is 7.02. The molecule has 1 aromatic heterocycles. The number of nitrogens with zero attached hydrogens (tertiary/aromatic N) is 2. The van der Waals surface area contributed by atoms with E-state index in [9.17, 15) is 22.0 Å². The van der Waals surface area contributed by atoms with Gasteiger partial charge in [0.05, 0.1) is 5.56 Å². The molecule has 0 atom stereocenters. The average Bonchev–Trinajstić information content (AvgIpc) is 2.15. The Bertz CT molecular complexity index is 404. The Morgan fingerprint density at radius 3 is 2.27 bits per heavy atom. The van der Waals surface area contributed by atoms with Gasteiger partial charge in [-0.15, -0.1) is 0 Å². The summed E-state index contributed by atoms with van der Waals surface area (Å²) >= 11 is 0. The Morgan fingerprint density at radius 2 is 1.87 bits per heavy atom. The van der Waals surface area contributed by atoms with Crippen LogP contribution in [0.15, 0.2) is 12.1 Å². The number of hydrogen-bond acceptors (Lipinski definition) is 2. The number of pyridine rings is 1. The number of hydrogen-bond donors (Lipinski definition) is 0. The molecule has 0 fully saturated rings. The SMILES string of the molecule is N#Cc1nc(C(F)F)ccc1C(F)(F)F. The number of halogens is 5. The van der Waals surface area contributed by atoms with Gasteiger partial charge in [-0.1, -0.05) is 0 Å². The lowest BCUT2D eigenvalue weighted by atomic mass is 10.2. The fourth-order valence-electron chi connectivity index (χ4n) is 0.910. The van der Waals surface area contributed by atoms with Crippen molar-refractivity contribution in [3.8, 4) is 6.07 Å². The highest BCUT2D eigenvalue weighted by atomic mass is 19.4. The van der Waals surface area contributed by atoms with Gasteiger partial charge in [0.1, 0.15) is 11.8 Å². The number of rotatable bonds is 1. The fraction of sp³-hybridized carbons (Fsp3) is 0.250. The first-order valence-corrected chi connectivity index (χ1v) is 3.62. The summed E-state index contributed by atoms with van der Waals surface area (Å²) in [5, 5.41) is 8.33. The van der Waals surface area contributed by atoms with E-state index in [1.807, 2.05) is 0 Å². The molecule has 0 spiro atoms. The molecular weight excluding hydrogens is 219 g/mol. The van der Waals surface area contributed by atoms with Gasteiger partial charge in [0.25, 0.3) is 6.43 Å². The maximum Gasteiger partial charge on any atom is 0.419 e. The standard InChI is InChI=1S/C8H3F5N2/c9-7(10)5-2-1-4(8(11,12)13)6(3-14)15-5/h1-2,7H. The largest absolute Gasteiger partial charge is 0.419 e. The fourth-order valence-corrected chi connectivity index (χ4v) is 0.910. The van der Waals surface area contributed by atoms with Gasteiger partial charge in [-0.2, -0.15) is 18.4 Å². The maximum absolute atomic E-state index is 12.2. The Hall–Kier alpha value is -1.71. The van der Waals surface area contributed by atoms with Crippen molar-refractivity contribution >= 4 is 0 Å². The van der Waals surface area contributed by atoms with E-state index in [0.717, 1.165) is 6.07 Å². The van der Waals surface area contributed by atoms with Gasteiger partial charge in [0, 0.05) is 0 Å². The molecule has 1 aromatic rings. The highest BCUT2D eigenvalue weighted by Gasteiger charge is 2.34. The molecular formula is C8H3F5N2. The molecule has 0 unspecified atom stereocenters. The van der Waals surface area contributed by atoms with E-state index in [1.165, 1.54) is 0 Å². The number of aromatic nitrogens is 1. The third-order valence-electron chi connectivity index (χ3n) is 1.55. The molecule has 2 nitrogen and oxygen atoms in total. The van der Waals surface area contributed by atoms with Crippen molar-refractivity contribution in [3.63, 3.8) is 0 Å². The summed E-state index contributed by atoms with van der Waals surface area (Å²) in [6, 6.07) is 2.11. The van der Waals surface area contributed by atoms with E-state index in [1.54, 1.807) is 0 Å². The van der Waals surface area contributed by atoms with Crippen molar-refractivity contribution in [3.05, 3.63) is 29.1 Å². The van der Waals surface area contributed by atoms with Crippen LogP contribution < -0.4 is 0 Å². The summed E-state index contributed by atoms with van der Waals surface area (Å²) in [6.07, 6.45) is -7.77. The third-order valence-corrected chi connectivity index (χ3v) is 1.55. The minimum Gasteiger partial charge on any atom is -0.235 e. The molecule has 0 amide bonds. The lowest BCUT2D eigenvalue weighted by Crippen LogP contribution is -2.10. The number of nitriles is 1. The van der Waals surface area contributed by atoms with E-state index >= 15 is 0 Å². The Morgan fingerprint density at radius 1 is 1.27 bits per heavy atom. The molecule has 15 heavy (non-hydrogen) atoms. The van der Waals surface area contributed by atoms with Crippen molar-refractivity contribution < 1.29 is 22.0 Å². The van der Waals surface area contributed by atoms with Crippen molar-refractivity contribution in [2.75, 3.05) is 0 Å². The Labute approximate surface area is 81.0 Å². The van der Waals surface area contributed by atoms with E-state index in [4.69, 9.17) is 5.26 Å². The molecule has 0 aliphatic carbocycles. The summed E-state index contributed by atoms with van der Waals surface area (Å²) in [4.78, 5) is 2.93. The van der Waals surface area contributed by atoms with Crippen LogP contribution >= 0.6 is 0 Å². The van der Waals surface area contributed by atoms with Crippen molar-refractivity contribution in [2.24, 2.45) is 0 Å². The lowest BCUT2D eigenvalue weighted by molar-refractivity contribution is -0.138. The molecule has 0 saturated heterocycles. The first-order valence-electron chi connectivity index (χ1n) is 3.62. The number of alkyl halides is 5. The van der Waals surface area contributed by atoms with Crippen LogP contribution in [0.2, 0.25) is 0 Å². The molecule has 1 rings (SSSR count). The average molecular weight is 222 g/mol. The Balaban J connectivity index is 3.29. The van der Waals surface area contributed by atoms with Crippen LogP contribution in [-0.4, -0.2) is 4.98 Å². The Kier molecular flexibility index (Phi) is 2.88. The molecule has 0 aliphatic rings. The van der Waals surface area contributed by atoms with Gasteiger partial charge in [-0.05, 0) is 12.1 Å². The second-order valence-corrected chi connectivity index (χ2v) is 2.54. The van der Waals surface area contributed by atoms with Crippen molar-refractivity contribution in [1.82, 2.24) is 4.98 Å². The molecule has 1 heterocycles. The normalized spacial score (nSPS) is 11.5. The van der Waals surface area contributed by atoms with E-state index in [-0.39, 0.29) is 0 Å². The van der Waals surface area contributed by atoms with E-state index in [2.05, 4.69) is 4.98 Å². The summed E-state index contributed by atoms with van der Waals surface area (Å²) < 4.78 is 60.7. The molecule has 0 aromatic carbocycles. The van der Waals surface area contributed by atoms with Crippen LogP contribution in [0.25, 0.3) is 0 Å². The van der Waals surface area contributed by atoms with Crippen molar-refractivity contribution in [2.45, 2.75) is 12.6 Å². The molecule has 0 radical (unpaired) electrons. The monoisotopic (exact) mass is 222 g/mol. The minimum atomic E-state index is -4.77. The molecule has 80 valence electrons. The topological polar surface area (TPSA) is 36.7 Å².